The second kappa shape index (κ2) is 13.7. The van der Waals surface area contributed by atoms with Crippen LogP contribution in [-0.2, 0) is 27.4 Å². The molecule has 3 N–H and O–H groups in total. The van der Waals surface area contributed by atoms with Crippen molar-refractivity contribution in [1.29, 1.82) is 0 Å². The molecule has 0 saturated carbocycles. The molecular formula is C31H44N6O5. The van der Waals surface area contributed by atoms with E-state index in [4.69, 9.17) is 10.5 Å². The van der Waals surface area contributed by atoms with Crippen LogP contribution in [0.1, 0.15) is 61.7 Å². The van der Waals surface area contributed by atoms with Crippen molar-refractivity contribution in [1.82, 2.24) is 20.2 Å². The third kappa shape index (κ3) is 8.69. The molecule has 2 aromatic rings. The van der Waals surface area contributed by atoms with E-state index in [0.717, 1.165) is 5.56 Å². The Labute approximate surface area is 248 Å². The molecule has 42 heavy (non-hydrogen) atoms. The minimum Gasteiger partial charge on any atom is -0.444 e. The predicted molar refractivity (Wildman–Crippen MR) is 161 cm³/mol. The van der Waals surface area contributed by atoms with Crippen LogP contribution < -0.4 is 16.0 Å². The molecule has 0 saturated heterocycles. The van der Waals surface area contributed by atoms with Gasteiger partial charge in [0.05, 0.1) is 13.1 Å². The fourth-order valence-electron chi connectivity index (χ4n) is 4.71. The third-order valence-electron chi connectivity index (χ3n) is 7.03. The number of nitrogens with zero attached hydrogens (tertiary/aromatic N) is 4. The quantitative estimate of drug-likeness (QED) is 0.418. The Morgan fingerprint density at radius 3 is 2.19 bits per heavy atom. The molecule has 0 radical (unpaired) electrons. The number of nitrogens with two attached hydrogens (primary N) is 1. The van der Waals surface area contributed by atoms with Crippen molar-refractivity contribution in [2.24, 2.45) is 5.73 Å². The molecule has 0 spiro atoms. The van der Waals surface area contributed by atoms with Crippen LogP contribution in [0.25, 0.3) is 0 Å². The van der Waals surface area contributed by atoms with Crippen LogP contribution in [0.4, 0.5) is 10.5 Å². The maximum atomic E-state index is 13.5. The minimum atomic E-state index is -0.636. The summed E-state index contributed by atoms with van der Waals surface area (Å²) >= 11 is 0. The van der Waals surface area contributed by atoms with E-state index in [-0.39, 0.29) is 49.6 Å². The van der Waals surface area contributed by atoms with E-state index in [1.165, 1.54) is 11.1 Å². The number of hydrogen-bond acceptors (Lipinski definition) is 7. The second-order valence-corrected chi connectivity index (χ2v) is 11.8. The van der Waals surface area contributed by atoms with Crippen molar-refractivity contribution in [3.05, 3.63) is 64.7 Å². The molecule has 2 aromatic carbocycles. The van der Waals surface area contributed by atoms with Gasteiger partial charge in [-0.25, -0.2) is 9.80 Å². The first-order valence-electron chi connectivity index (χ1n) is 14.2. The van der Waals surface area contributed by atoms with Gasteiger partial charge in [-0.05, 0) is 70.4 Å². The van der Waals surface area contributed by atoms with Crippen LogP contribution in [0, 0.1) is 6.92 Å². The number of likely N-dealkylation sites (N-methyl/N-ethyl adjacent to an activating group) is 1. The lowest BCUT2D eigenvalue weighted by Crippen LogP contribution is -2.49. The first-order valence-corrected chi connectivity index (χ1v) is 14.2. The van der Waals surface area contributed by atoms with Gasteiger partial charge in [0.15, 0.2) is 0 Å². The molecule has 0 bridgehead atoms. The van der Waals surface area contributed by atoms with Crippen LogP contribution in [0.2, 0.25) is 0 Å². The molecule has 0 atom stereocenters. The monoisotopic (exact) mass is 580 g/mol. The van der Waals surface area contributed by atoms with Crippen LogP contribution in [0.3, 0.4) is 0 Å². The number of carbonyl (C=O) groups excluding carboxylic acids is 4. The number of hydrazine groups is 1. The van der Waals surface area contributed by atoms with Gasteiger partial charge in [0.2, 0.25) is 11.8 Å². The Morgan fingerprint density at radius 1 is 1.02 bits per heavy atom. The van der Waals surface area contributed by atoms with Crippen molar-refractivity contribution < 1.29 is 23.9 Å². The fraction of sp³-hybridized carbons (Fsp3) is 0.484. The van der Waals surface area contributed by atoms with Gasteiger partial charge in [-0.3, -0.25) is 19.4 Å². The smallest absolute Gasteiger partial charge is 0.410 e. The maximum Gasteiger partial charge on any atom is 0.410 e. The van der Waals surface area contributed by atoms with E-state index in [0.29, 0.717) is 18.8 Å². The third-order valence-corrected chi connectivity index (χ3v) is 7.03. The van der Waals surface area contributed by atoms with E-state index in [2.05, 4.69) is 5.32 Å². The van der Waals surface area contributed by atoms with E-state index < -0.39 is 17.6 Å². The highest BCUT2D eigenvalue weighted by atomic mass is 16.6. The van der Waals surface area contributed by atoms with Gasteiger partial charge in [-0.15, -0.1) is 0 Å². The lowest BCUT2D eigenvalue weighted by atomic mass is 10.1. The molecule has 11 heteroatoms. The number of hydrogen-bond donors (Lipinski definition) is 2. The van der Waals surface area contributed by atoms with Gasteiger partial charge in [0.25, 0.3) is 5.91 Å². The van der Waals surface area contributed by atoms with Crippen molar-refractivity contribution >= 4 is 29.5 Å². The molecular weight excluding hydrogens is 536 g/mol. The van der Waals surface area contributed by atoms with Gasteiger partial charge in [-0.2, -0.15) is 0 Å². The number of amides is 4. The Balaban J connectivity index is 1.72. The maximum absolute atomic E-state index is 13.5. The van der Waals surface area contributed by atoms with Crippen molar-refractivity contribution in [3.8, 4) is 0 Å². The number of carbonyl (C=O) groups is 4. The zero-order valence-electron chi connectivity index (χ0n) is 25.8. The predicted octanol–water partition coefficient (Wildman–Crippen LogP) is 3.05. The van der Waals surface area contributed by atoms with Crippen molar-refractivity contribution in [2.75, 3.05) is 38.1 Å². The summed E-state index contributed by atoms with van der Waals surface area (Å²) in [6.07, 6.45) is -0.454. The number of anilines is 1. The van der Waals surface area contributed by atoms with Gasteiger partial charge in [0, 0.05) is 50.5 Å². The molecule has 1 aliphatic heterocycles. The molecule has 11 nitrogen and oxygen atoms in total. The molecule has 0 aliphatic carbocycles. The van der Waals surface area contributed by atoms with E-state index in [9.17, 15) is 19.2 Å². The molecule has 0 fully saturated rings. The summed E-state index contributed by atoms with van der Waals surface area (Å²) in [5.74, 6) is -1.15. The largest absolute Gasteiger partial charge is 0.444 e. The Kier molecular flexibility index (Phi) is 10.6. The number of rotatable bonds is 11. The topological polar surface area (TPSA) is 129 Å². The normalized spacial score (nSPS) is 13.0. The number of ether oxygens (including phenoxy) is 1. The average Bonchev–Trinajstić information content (AvgIpc) is 3.33. The number of benzene rings is 2. The number of fused-ring (bicyclic) bond motifs is 1. The molecule has 1 heterocycles. The highest BCUT2D eigenvalue weighted by Crippen LogP contribution is 2.25. The molecule has 0 aromatic heterocycles. The van der Waals surface area contributed by atoms with Crippen molar-refractivity contribution in [3.63, 3.8) is 0 Å². The van der Waals surface area contributed by atoms with Crippen LogP contribution in [0.5, 0.6) is 0 Å². The minimum absolute atomic E-state index is 0.101. The number of nitrogens with one attached hydrogen (secondary N) is 1. The Morgan fingerprint density at radius 2 is 1.64 bits per heavy atom. The van der Waals surface area contributed by atoms with E-state index in [1.54, 1.807) is 60.8 Å². The lowest BCUT2D eigenvalue weighted by molar-refractivity contribution is -0.145. The summed E-state index contributed by atoms with van der Waals surface area (Å²) in [7, 11) is 1.72. The van der Waals surface area contributed by atoms with Crippen LogP contribution in [-0.4, -0.2) is 83.6 Å². The van der Waals surface area contributed by atoms with Crippen LogP contribution >= 0.6 is 0 Å². The van der Waals surface area contributed by atoms with E-state index in [1.807, 2.05) is 50.0 Å². The Bertz CT molecular complexity index is 1280. The summed E-state index contributed by atoms with van der Waals surface area (Å²) in [5, 5.41) is 6.39. The SMILES string of the molecule is Cc1ccc(C(N)=O)cc1N(CC(=O)NCCN(C(=O)OC(C)(C)C)C(C)C)CC(=O)N(C)N1Cc2ccccc2C1. The molecule has 3 rings (SSSR count). The highest BCUT2D eigenvalue weighted by Gasteiger charge is 2.28. The van der Waals surface area contributed by atoms with Gasteiger partial charge in [0.1, 0.15) is 5.60 Å². The summed E-state index contributed by atoms with van der Waals surface area (Å²) in [4.78, 5) is 54.4. The number of aryl methyl sites for hydroxylation is 1. The zero-order chi connectivity index (χ0) is 31.2. The first kappa shape index (κ1) is 32.4. The summed E-state index contributed by atoms with van der Waals surface area (Å²) in [5.41, 5.74) is 8.85. The molecule has 1 aliphatic rings. The van der Waals surface area contributed by atoms with E-state index >= 15 is 0 Å². The average molecular weight is 581 g/mol. The second-order valence-electron chi connectivity index (χ2n) is 11.8. The highest BCUT2D eigenvalue weighted by molar-refractivity contribution is 5.95. The molecule has 228 valence electrons. The van der Waals surface area contributed by atoms with Gasteiger partial charge in [-0.1, -0.05) is 30.3 Å². The Hall–Kier alpha value is -4.12. The van der Waals surface area contributed by atoms with Gasteiger partial charge < -0.3 is 25.6 Å². The molecule has 0 unspecified atom stereocenters. The molecule has 4 amide bonds. The van der Waals surface area contributed by atoms with Crippen LogP contribution in [0.15, 0.2) is 42.5 Å². The fourth-order valence-corrected chi connectivity index (χ4v) is 4.71. The summed E-state index contributed by atoms with van der Waals surface area (Å²) in [6.45, 7) is 12.4. The van der Waals surface area contributed by atoms with Crippen molar-refractivity contribution in [2.45, 2.75) is 66.3 Å². The summed E-state index contributed by atoms with van der Waals surface area (Å²) < 4.78 is 5.50. The number of primary amides is 1. The zero-order valence-corrected chi connectivity index (χ0v) is 25.8. The first-order chi connectivity index (χ1) is 19.7. The standard InChI is InChI=1S/C31H44N6O5/c1-21(2)37(30(41)42-31(4,5)6)15-14-33-27(38)19-35(26-16-23(29(32)40)13-12-22(26)3)20-28(39)34(7)36-17-24-10-8-9-11-25(24)18-36/h8-13,16,21H,14-15,17-20H2,1-7H3,(H2,32,40)(H,33,38). The summed E-state index contributed by atoms with van der Waals surface area (Å²) in [6, 6.07) is 12.9. The van der Waals surface area contributed by atoms with Gasteiger partial charge >= 0.3 is 6.09 Å². The lowest BCUT2D eigenvalue weighted by Gasteiger charge is -2.32.